The third kappa shape index (κ3) is 8.75. The second-order valence-electron chi connectivity index (χ2n) is 12.3. The first-order valence-electron chi connectivity index (χ1n) is 17.1. The highest BCUT2D eigenvalue weighted by molar-refractivity contribution is 5.69. The molecule has 1 atom stereocenters. The van der Waals surface area contributed by atoms with Gasteiger partial charge in [-0.25, -0.2) is 24.1 Å². The highest BCUT2D eigenvalue weighted by atomic mass is 35.5. The van der Waals surface area contributed by atoms with Crippen molar-refractivity contribution in [3.8, 4) is 22.6 Å². The van der Waals surface area contributed by atoms with Crippen molar-refractivity contribution in [3.05, 3.63) is 94.0 Å². The van der Waals surface area contributed by atoms with E-state index in [-0.39, 0.29) is 48.8 Å². The van der Waals surface area contributed by atoms with Crippen molar-refractivity contribution in [1.29, 1.82) is 0 Å². The van der Waals surface area contributed by atoms with Gasteiger partial charge in [-0.2, -0.15) is 4.57 Å². The van der Waals surface area contributed by atoms with Crippen LogP contribution in [-0.2, 0) is 33.9 Å². The van der Waals surface area contributed by atoms with Gasteiger partial charge in [0.05, 0.1) is 25.1 Å². The molecule has 0 N–H and O–H groups in total. The van der Waals surface area contributed by atoms with E-state index in [1.165, 1.54) is 29.1 Å². The van der Waals surface area contributed by atoms with Crippen molar-refractivity contribution in [3.63, 3.8) is 0 Å². The number of esters is 1. The van der Waals surface area contributed by atoms with Crippen LogP contribution in [0.25, 0.3) is 33.8 Å². The molecule has 0 spiro atoms. The van der Waals surface area contributed by atoms with Crippen LogP contribution in [0.2, 0.25) is 0 Å². The summed E-state index contributed by atoms with van der Waals surface area (Å²) < 4.78 is 31.4. The van der Waals surface area contributed by atoms with Crippen molar-refractivity contribution in [2.45, 2.75) is 65.4 Å². The van der Waals surface area contributed by atoms with Gasteiger partial charge in [0.2, 0.25) is 0 Å². The van der Waals surface area contributed by atoms with Gasteiger partial charge in [0.15, 0.2) is 23.6 Å². The average Bonchev–Trinajstić information content (AvgIpc) is 3.56. The Labute approximate surface area is 300 Å². The number of carbonyl (C=O) groups excluding carboxylic acids is 1. The fraction of sp³-hybridized carbons (Fsp3) is 0.417. The third-order valence-electron chi connectivity index (χ3n) is 8.84. The number of aryl methyl sites for hydroxylation is 1. The summed E-state index contributed by atoms with van der Waals surface area (Å²) in [7, 11) is 0. The predicted molar refractivity (Wildman–Crippen MR) is 184 cm³/mol. The molecule has 4 aromatic heterocycles. The number of hydrogen-bond acceptors (Lipinski definition) is 9. The Balaban J connectivity index is 0.00000504. The molecule has 0 amide bonds. The fourth-order valence-electron chi connectivity index (χ4n) is 6.23. The summed E-state index contributed by atoms with van der Waals surface area (Å²) in [6.45, 7) is 9.17. The third-order valence-corrected chi connectivity index (χ3v) is 8.84. The Morgan fingerprint density at radius 1 is 0.902 bits per heavy atom. The van der Waals surface area contributed by atoms with E-state index in [9.17, 15) is 18.8 Å². The molecule has 5 aromatic rings. The second-order valence-corrected chi connectivity index (χ2v) is 12.3. The minimum Gasteiger partial charge on any atom is -1.00 e. The van der Waals surface area contributed by atoms with E-state index in [1.54, 1.807) is 23.6 Å². The Kier molecular flexibility index (Phi) is 12.8. The minimum atomic E-state index is -0.592. The van der Waals surface area contributed by atoms with Crippen LogP contribution in [0.4, 0.5) is 4.39 Å². The number of halogens is 2. The summed E-state index contributed by atoms with van der Waals surface area (Å²) in [4.78, 5) is 54.4. The lowest BCUT2D eigenvalue weighted by Gasteiger charge is -2.26. The lowest BCUT2D eigenvalue weighted by molar-refractivity contribution is -0.753. The Bertz CT molecular complexity index is 2040. The zero-order chi connectivity index (χ0) is 35.0. The standard InChI is InChI=1S/C36H42FN8O5.ClH/c1-3-15-44-34-32(38-13-14-39-34)35(47)45(36(44)48)17-4-6-31(46)50-26(2)42-19-11-27(12-20-42)30-25-40-33(28-7-9-29(37)10-8-28)43(30)18-5-16-41-21-23-49-24-22-41;/h7-14,19-20,25-26H,3-6,15-18,21-24H2,1-2H3;1H/q+1;/p-1. The molecule has 1 saturated heterocycles. The number of hydrogen-bond donors (Lipinski definition) is 0. The number of fused-ring (bicyclic) bond motifs is 1. The molecule has 5 heterocycles. The van der Waals surface area contributed by atoms with E-state index < -0.39 is 23.4 Å². The second kappa shape index (κ2) is 17.4. The molecule has 0 aliphatic carbocycles. The van der Waals surface area contributed by atoms with Gasteiger partial charge >= 0.3 is 17.9 Å². The lowest BCUT2D eigenvalue weighted by atomic mass is 10.2. The molecular formula is C36H42ClFN8O5. The van der Waals surface area contributed by atoms with Crippen LogP contribution in [0.15, 0.2) is 77.0 Å². The molecule has 1 aliphatic heterocycles. The van der Waals surface area contributed by atoms with Gasteiger partial charge in [-0.15, -0.1) is 0 Å². The molecule has 51 heavy (non-hydrogen) atoms. The maximum atomic E-state index is 13.7. The van der Waals surface area contributed by atoms with Gasteiger partial charge in [-0.05, 0) is 43.5 Å². The Morgan fingerprint density at radius 2 is 1.61 bits per heavy atom. The normalized spacial score (nSPS) is 13.9. The zero-order valence-electron chi connectivity index (χ0n) is 28.8. The predicted octanol–water partition coefficient (Wildman–Crippen LogP) is 0.589. The molecule has 6 rings (SSSR count). The molecular weight excluding hydrogens is 679 g/mol. The van der Waals surface area contributed by atoms with E-state index in [2.05, 4.69) is 19.4 Å². The van der Waals surface area contributed by atoms with Crippen molar-refractivity contribution >= 4 is 17.1 Å². The fourth-order valence-corrected chi connectivity index (χ4v) is 6.23. The average molecular weight is 721 g/mol. The smallest absolute Gasteiger partial charge is 0.332 e. The topological polar surface area (TPSA) is 130 Å². The largest absolute Gasteiger partial charge is 1.00 e. The minimum absolute atomic E-state index is 0. The highest BCUT2D eigenvalue weighted by Crippen LogP contribution is 2.27. The van der Waals surface area contributed by atoms with E-state index in [0.717, 1.165) is 73.0 Å². The molecule has 1 aliphatic rings. The molecule has 1 aromatic carbocycles. The number of rotatable bonds is 14. The summed E-state index contributed by atoms with van der Waals surface area (Å²) in [6, 6.07) is 10.3. The number of pyridine rings is 1. The highest BCUT2D eigenvalue weighted by Gasteiger charge is 2.21. The zero-order valence-corrected chi connectivity index (χ0v) is 29.5. The molecule has 0 bridgehead atoms. The van der Waals surface area contributed by atoms with Gasteiger partial charge in [0.25, 0.3) is 5.56 Å². The molecule has 0 saturated carbocycles. The van der Waals surface area contributed by atoms with Crippen LogP contribution in [0.5, 0.6) is 0 Å². The van der Waals surface area contributed by atoms with E-state index in [4.69, 9.17) is 14.5 Å². The molecule has 1 unspecified atom stereocenters. The SMILES string of the molecule is CCCn1c(=O)n(CCCC(=O)OC(C)[n+]2ccc(-c3cnc(-c4ccc(F)cc4)n3CCCN3CCOCC3)cc2)c(=O)c2nccnc21.[Cl-]. The van der Waals surface area contributed by atoms with Gasteiger partial charge in [0.1, 0.15) is 11.6 Å². The number of aromatic nitrogens is 7. The molecule has 15 heteroatoms. The molecule has 13 nitrogen and oxygen atoms in total. The number of imidazole rings is 1. The Hall–Kier alpha value is -4.79. The van der Waals surface area contributed by atoms with Crippen LogP contribution in [0.3, 0.4) is 0 Å². The quantitative estimate of drug-likeness (QED) is 0.120. The number of carbonyl (C=O) groups is 1. The van der Waals surface area contributed by atoms with Crippen molar-refractivity contribution in [2.24, 2.45) is 0 Å². The molecule has 270 valence electrons. The van der Waals surface area contributed by atoms with Crippen LogP contribution in [0, 0.1) is 5.82 Å². The van der Waals surface area contributed by atoms with Crippen LogP contribution in [0.1, 0.15) is 45.8 Å². The van der Waals surface area contributed by atoms with Crippen molar-refractivity contribution < 1.29 is 35.6 Å². The van der Waals surface area contributed by atoms with Crippen LogP contribution < -0.4 is 28.2 Å². The van der Waals surface area contributed by atoms with Crippen molar-refractivity contribution in [1.82, 2.24) is 33.6 Å². The monoisotopic (exact) mass is 720 g/mol. The Morgan fingerprint density at radius 3 is 2.33 bits per heavy atom. The number of benzene rings is 1. The van der Waals surface area contributed by atoms with Crippen LogP contribution >= 0.6 is 0 Å². The van der Waals surface area contributed by atoms with Crippen molar-refractivity contribution in [2.75, 3.05) is 32.8 Å². The summed E-state index contributed by atoms with van der Waals surface area (Å²) >= 11 is 0. The first kappa shape index (κ1) is 37.5. The van der Waals surface area contributed by atoms with Gasteiger partial charge < -0.3 is 26.4 Å². The number of nitrogens with zero attached hydrogens (tertiary/aromatic N) is 8. The molecule has 1 fully saturated rings. The maximum Gasteiger partial charge on any atom is 0.332 e. The summed E-state index contributed by atoms with van der Waals surface area (Å²) in [5, 5.41) is 0. The first-order chi connectivity index (χ1) is 24.3. The summed E-state index contributed by atoms with van der Waals surface area (Å²) in [6.07, 6.45) is 9.68. The molecule has 0 radical (unpaired) electrons. The lowest BCUT2D eigenvalue weighted by Crippen LogP contribution is -3.00. The summed E-state index contributed by atoms with van der Waals surface area (Å²) in [5.41, 5.74) is 2.10. The van der Waals surface area contributed by atoms with E-state index in [0.29, 0.717) is 13.0 Å². The van der Waals surface area contributed by atoms with Crippen LogP contribution in [-0.4, -0.2) is 72.4 Å². The number of ether oxygens (including phenoxy) is 2. The number of morpholine rings is 1. The van der Waals surface area contributed by atoms with Gasteiger partial charge in [-0.1, -0.05) is 6.92 Å². The van der Waals surface area contributed by atoms with E-state index in [1.807, 2.05) is 37.6 Å². The van der Waals surface area contributed by atoms with E-state index >= 15 is 0 Å². The maximum absolute atomic E-state index is 13.7. The van der Waals surface area contributed by atoms with Gasteiger partial charge in [-0.3, -0.25) is 23.6 Å². The first-order valence-corrected chi connectivity index (χ1v) is 17.1. The summed E-state index contributed by atoms with van der Waals surface area (Å²) in [5.74, 6) is 0.0253. The van der Waals surface area contributed by atoms with Gasteiger partial charge in [0, 0.05) is 88.3 Å².